The number of nitrogens with zero attached hydrogens (tertiary/aromatic N) is 1. The van der Waals surface area contributed by atoms with Crippen LogP contribution in [-0.4, -0.2) is 25.9 Å². The minimum atomic E-state index is -3.92. The van der Waals surface area contributed by atoms with Gasteiger partial charge in [-0.05, 0) is 13.0 Å². The summed E-state index contributed by atoms with van der Waals surface area (Å²) < 4.78 is 26.0. The third kappa shape index (κ3) is 3.22. The maximum absolute atomic E-state index is 11.9. The second-order valence-corrected chi connectivity index (χ2v) is 5.17. The van der Waals surface area contributed by atoms with E-state index >= 15 is 0 Å². The van der Waals surface area contributed by atoms with E-state index in [9.17, 15) is 18.5 Å². The second kappa shape index (κ2) is 5.21. The lowest BCUT2D eigenvalue weighted by atomic mass is 10.3. The summed E-state index contributed by atoms with van der Waals surface area (Å²) in [6, 6.07) is 4.67. The molecule has 1 atom stereocenters. The zero-order chi connectivity index (χ0) is 13.1. The van der Waals surface area contributed by atoms with Gasteiger partial charge in [0.05, 0.1) is 4.92 Å². The Hall–Kier alpha value is -1.51. The molecule has 1 aromatic rings. The first-order valence-corrected chi connectivity index (χ1v) is 6.32. The van der Waals surface area contributed by atoms with Crippen molar-refractivity contribution in [2.24, 2.45) is 5.73 Å². The molecule has 0 radical (unpaired) electrons. The van der Waals surface area contributed by atoms with Crippen molar-refractivity contribution in [3.8, 4) is 0 Å². The molecule has 0 spiro atoms. The van der Waals surface area contributed by atoms with Crippen LogP contribution in [0.4, 0.5) is 5.69 Å². The van der Waals surface area contributed by atoms with Crippen molar-refractivity contribution in [1.82, 2.24) is 4.72 Å². The molecule has 17 heavy (non-hydrogen) atoms. The first-order valence-electron chi connectivity index (χ1n) is 4.84. The maximum Gasteiger partial charge on any atom is 0.289 e. The minimum absolute atomic E-state index is 0.111. The van der Waals surface area contributed by atoms with Crippen LogP contribution in [0.3, 0.4) is 0 Å². The van der Waals surface area contributed by atoms with Gasteiger partial charge < -0.3 is 5.73 Å². The van der Waals surface area contributed by atoms with Gasteiger partial charge in [0.15, 0.2) is 4.90 Å². The molecule has 0 saturated heterocycles. The van der Waals surface area contributed by atoms with Crippen molar-refractivity contribution < 1.29 is 13.3 Å². The fourth-order valence-electron chi connectivity index (χ4n) is 1.21. The largest absolute Gasteiger partial charge is 0.329 e. The first-order chi connectivity index (χ1) is 7.88. The first kappa shape index (κ1) is 13.6. The standard InChI is InChI=1S/C9H13N3O4S/c1-7(6-10)11-17(15,16)9-5-3-2-4-8(9)12(13)14/h2-5,7,11H,6,10H2,1H3. The summed E-state index contributed by atoms with van der Waals surface area (Å²) in [6.07, 6.45) is 0. The second-order valence-electron chi connectivity index (χ2n) is 3.48. The average molecular weight is 259 g/mol. The molecule has 3 N–H and O–H groups in total. The van der Waals surface area contributed by atoms with Crippen LogP contribution in [0.15, 0.2) is 29.2 Å². The Morgan fingerprint density at radius 2 is 2.06 bits per heavy atom. The third-order valence-corrected chi connectivity index (χ3v) is 3.70. The Morgan fingerprint density at radius 3 is 2.59 bits per heavy atom. The highest BCUT2D eigenvalue weighted by Gasteiger charge is 2.25. The SMILES string of the molecule is CC(CN)NS(=O)(=O)c1ccccc1[N+](=O)[O-]. The van der Waals surface area contributed by atoms with Crippen molar-refractivity contribution in [2.75, 3.05) is 6.54 Å². The molecule has 0 aromatic heterocycles. The Bertz CT molecular complexity index is 515. The normalized spacial score (nSPS) is 13.3. The molecule has 7 nitrogen and oxygen atoms in total. The molecule has 1 aromatic carbocycles. The molecule has 0 fully saturated rings. The van der Waals surface area contributed by atoms with E-state index in [1.54, 1.807) is 6.92 Å². The molecule has 0 saturated carbocycles. The van der Waals surface area contributed by atoms with E-state index in [0.29, 0.717) is 0 Å². The van der Waals surface area contributed by atoms with Crippen LogP contribution in [0.5, 0.6) is 0 Å². The van der Waals surface area contributed by atoms with Crippen LogP contribution >= 0.6 is 0 Å². The number of para-hydroxylation sites is 1. The summed E-state index contributed by atoms with van der Waals surface area (Å²) in [6.45, 7) is 1.69. The Balaban J connectivity index is 3.20. The molecular weight excluding hydrogens is 246 g/mol. The Labute approximate surface area is 98.8 Å². The van der Waals surface area contributed by atoms with Crippen molar-refractivity contribution in [1.29, 1.82) is 0 Å². The number of nitro groups is 1. The molecule has 94 valence electrons. The monoisotopic (exact) mass is 259 g/mol. The summed E-state index contributed by atoms with van der Waals surface area (Å²) >= 11 is 0. The Kier molecular flexibility index (Phi) is 4.16. The van der Waals surface area contributed by atoms with Gasteiger partial charge in [0.25, 0.3) is 5.69 Å². The van der Waals surface area contributed by atoms with E-state index in [-0.39, 0.29) is 11.4 Å². The number of hydrogen-bond acceptors (Lipinski definition) is 5. The summed E-state index contributed by atoms with van der Waals surface area (Å²) in [5, 5.41) is 10.7. The van der Waals surface area contributed by atoms with E-state index in [0.717, 1.165) is 6.07 Å². The highest BCUT2D eigenvalue weighted by atomic mass is 32.2. The number of nitrogens with one attached hydrogen (secondary N) is 1. The topological polar surface area (TPSA) is 115 Å². The smallest absolute Gasteiger partial charge is 0.289 e. The van der Waals surface area contributed by atoms with Crippen LogP contribution in [0.1, 0.15) is 6.92 Å². The lowest BCUT2D eigenvalue weighted by Gasteiger charge is -2.11. The molecular formula is C9H13N3O4S. The Morgan fingerprint density at radius 1 is 1.47 bits per heavy atom. The van der Waals surface area contributed by atoms with Crippen LogP contribution in [0.2, 0.25) is 0 Å². The van der Waals surface area contributed by atoms with Gasteiger partial charge >= 0.3 is 0 Å². The van der Waals surface area contributed by atoms with Crippen LogP contribution < -0.4 is 10.5 Å². The molecule has 0 amide bonds. The molecule has 1 unspecified atom stereocenters. The van der Waals surface area contributed by atoms with Gasteiger partial charge in [-0.25, -0.2) is 13.1 Å². The van der Waals surface area contributed by atoms with Crippen molar-refractivity contribution in [3.05, 3.63) is 34.4 Å². The number of hydrogen-bond donors (Lipinski definition) is 2. The predicted molar refractivity (Wildman–Crippen MR) is 61.9 cm³/mol. The fraction of sp³-hybridized carbons (Fsp3) is 0.333. The van der Waals surface area contributed by atoms with Crippen molar-refractivity contribution in [2.45, 2.75) is 17.9 Å². The van der Waals surface area contributed by atoms with Crippen molar-refractivity contribution in [3.63, 3.8) is 0 Å². The van der Waals surface area contributed by atoms with Crippen molar-refractivity contribution >= 4 is 15.7 Å². The quantitative estimate of drug-likeness (QED) is 0.579. The number of nitrogens with two attached hydrogens (primary N) is 1. The summed E-state index contributed by atoms with van der Waals surface area (Å²) in [5.41, 5.74) is 4.84. The third-order valence-electron chi connectivity index (χ3n) is 2.06. The summed E-state index contributed by atoms with van der Waals surface area (Å²) in [7, 11) is -3.92. The van der Waals surface area contributed by atoms with Gasteiger partial charge in [0, 0.05) is 18.7 Å². The van der Waals surface area contributed by atoms with Gasteiger partial charge in [0.1, 0.15) is 0 Å². The zero-order valence-corrected chi connectivity index (χ0v) is 9.98. The number of nitro benzene ring substituents is 1. The lowest BCUT2D eigenvalue weighted by Crippen LogP contribution is -2.37. The summed E-state index contributed by atoms with van der Waals surface area (Å²) in [4.78, 5) is 9.62. The fourth-order valence-corrected chi connectivity index (χ4v) is 2.64. The van der Waals surface area contributed by atoms with E-state index in [2.05, 4.69) is 4.72 Å². The number of rotatable bonds is 5. The maximum atomic E-state index is 11.9. The zero-order valence-electron chi connectivity index (χ0n) is 9.16. The average Bonchev–Trinajstić information content (AvgIpc) is 2.28. The highest BCUT2D eigenvalue weighted by Crippen LogP contribution is 2.22. The lowest BCUT2D eigenvalue weighted by molar-refractivity contribution is -0.387. The molecule has 0 bridgehead atoms. The van der Waals surface area contributed by atoms with E-state index in [1.807, 2.05) is 0 Å². The highest BCUT2D eigenvalue weighted by molar-refractivity contribution is 7.89. The van der Waals surface area contributed by atoms with Gasteiger partial charge in [-0.2, -0.15) is 0 Å². The van der Waals surface area contributed by atoms with Gasteiger partial charge in [-0.3, -0.25) is 10.1 Å². The van der Waals surface area contributed by atoms with Gasteiger partial charge in [-0.15, -0.1) is 0 Å². The van der Waals surface area contributed by atoms with Gasteiger partial charge in [-0.1, -0.05) is 12.1 Å². The van der Waals surface area contributed by atoms with E-state index in [1.165, 1.54) is 18.2 Å². The van der Waals surface area contributed by atoms with Crippen LogP contribution in [-0.2, 0) is 10.0 Å². The predicted octanol–water partition coefficient (Wildman–Crippen LogP) is 0.220. The molecule has 1 rings (SSSR count). The summed E-state index contributed by atoms with van der Waals surface area (Å²) in [5.74, 6) is 0. The number of benzene rings is 1. The minimum Gasteiger partial charge on any atom is -0.329 e. The number of sulfonamides is 1. The van der Waals surface area contributed by atoms with Crippen LogP contribution in [0.25, 0.3) is 0 Å². The molecule has 0 aliphatic rings. The molecule has 0 heterocycles. The van der Waals surface area contributed by atoms with Crippen LogP contribution in [0, 0.1) is 10.1 Å². The van der Waals surface area contributed by atoms with E-state index < -0.39 is 26.7 Å². The molecule has 8 heteroatoms. The van der Waals surface area contributed by atoms with Gasteiger partial charge in [0.2, 0.25) is 10.0 Å². The van der Waals surface area contributed by atoms with E-state index in [4.69, 9.17) is 5.73 Å². The molecule has 0 aliphatic carbocycles. The molecule has 0 aliphatic heterocycles.